The summed E-state index contributed by atoms with van der Waals surface area (Å²) in [5.74, 6) is -0.392. The number of halogens is 1. The first-order valence-corrected chi connectivity index (χ1v) is 8.49. The molecule has 5 heteroatoms. The van der Waals surface area contributed by atoms with Crippen molar-refractivity contribution in [2.24, 2.45) is 0 Å². The molecule has 24 heavy (non-hydrogen) atoms. The number of hydrogen-bond donors (Lipinski definition) is 1. The molecule has 0 saturated carbocycles. The third kappa shape index (κ3) is 4.23. The van der Waals surface area contributed by atoms with E-state index >= 15 is 0 Å². The van der Waals surface area contributed by atoms with E-state index in [9.17, 15) is 9.59 Å². The van der Waals surface area contributed by atoms with Gasteiger partial charge in [-0.25, -0.2) is 0 Å². The number of nitrogens with one attached hydrogen (secondary N) is 1. The van der Waals surface area contributed by atoms with Gasteiger partial charge in [-0.05, 0) is 55.7 Å². The summed E-state index contributed by atoms with van der Waals surface area (Å²) in [4.78, 5) is 25.9. The minimum Gasteiger partial charge on any atom is -0.324 e. The van der Waals surface area contributed by atoms with Crippen LogP contribution in [0.2, 0.25) is 0 Å². The van der Waals surface area contributed by atoms with Gasteiger partial charge in [0.05, 0.1) is 0 Å². The van der Waals surface area contributed by atoms with Crippen LogP contribution in [-0.4, -0.2) is 18.4 Å². The van der Waals surface area contributed by atoms with Crippen LogP contribution in [0.4, 0.5) is 11.4 Å². The molecule has 0 fully saturated rings. The van der Waals surface area contributed by atoms with Crippen LogP contribution in [0.3, 0.4) is 0 Å². The molecule has 2 aromatic rings. The SMILES string of the molecule is CC(=O)N(CC(=O)Nc1c(C)cccc1C)c1ccc(Br)c(C)c1. The molecule has 0 radical (unpaired) electrons. The van der Waals surface area contributed by atoms with Gasteiger partial charge in [0.1, 0.15) is 6.54 Å². The molecule has 0 heterocycles. The first-order chi connectivity index (χ1) is 11.3. The van der Waals surface area contributed by atoms with E-state index in [4.69, 9.17) is 0 Å². The second-order valence-corrected chi connectivity index (χ2v) is 6.71. The summed E-state index contributed by atoms with van der Waals surface area (Å²) in [7, 11) is 0. The molecule has 1 N–H and O–H groups in total. The van der Waals surface area contributed by atoms with Crippen molar-refractivity contribution in [1.82, 2.24) is 0 Å². The summed E-state index contributed by atoms with van der Waals surface area (Å²) in [6.07, 6.45) is 0. The Kier molecular flexibility index (Phi) is 5.78. The van der Waals surface area contributed by atoms with Crippen molar-refractivity contribution < 1.29 is 9.59 Å². The summed E-state index contributed by atoms with van der Waals surface area (Å²) in [5.41, 5.74) is 4.51. The van der Waals surface area contributed by atoms with Crippen molar-refractivity contribution in [3.8, 4) is 0 Å². The smallest absolute Gasteiger partial charge is 0.244 e. The summed E-state index contributed by atoms with van der Waals surface area (Å²) in [6, 6.07) is 11.4. The zero-order valence-electron chi connectivity index (χ0n) is 14.3. The minimum atomic E-state index is -0.219. The van der Waals surface area contributed by atoms with E-state index in [1.165, 1.54) is 11.8 Å². The van der Waals surface area contributed by atoms with Gasteiger partial charge in [-0.1, -0.05) is 34.1 Å². The Morgan fingerprint density at radius 3 is 2.21 bits per heavy atom. The number of hydrogen-bond acceptors (Lipinski definition) is 2. The Morgan fingerprint density at radius 2 is 1.67 bits per heavy atom. The van der Waals surface area contributed by atoms with E-state index in [0.29, 0.717) is 5.69 Å². The summed E-state index contributed by atoms with van der Waals surface area (Å²) < 4.78 is 0.967. The van der Waals surface area contributed by atoms with Crippen LogP contribution < -0.4 is 10.2 Å². The number of carbonyl (C=O) groups excluding carboxylic acids is 2. The fourth-order valence-corrected chi connectivity index (χ4v) is 2.76. The van der Waals surface area contributed by atoms with E-state index in [2.05, 4.69) is 21.2 Å². The van der Waals surface area contributed by atoms with E-state index < -0.39 is 0 Å². The molecule has 126 valence electrons. The van der Waals surface area contributed by atoms with Gasteiger partial charge >= 0.3 is 0 Å². The van der Waals surface area contributed by atoms with Gasteiger partial charge in [-0.2, -0.15) is 0 Å². The first-order valence-electron chi connectivity index (χ1n) is 7.70. The number of benzene rings is 2. The number of anilines is 2. The monoisotopic (exact) mass is 388 g/mol. The summed E-state index contributed by atoms with van der Waals surface area (Å²) in [5, 5.41) is 2.92. The summed E-state index contributed by atoms with van der Waals surface area (Å²) in [6.45, 7) is 7.28. The predicted molar refractivity (Wildman–Crippen MR) is 101 cm³/mol. The Hall–Kier alpha value is -2.14. The molecule has 0 saturated heterocycles. The minimum absolute atomic E-state index is 0.0236. The average Bonchev–Trinajstić information content (AvgIpc) is 2.51. The lowest BCUT2D eigenvalue weighted by Crippen LogP contribution is -2.36. The Morgan fingerprint density at radius 1 is 1.04 bits per heavy atom. The zero-order valence-corrected chi connectivity index (χ0v) is 15.9. The largest absolute Gasteiger partial charge is 0.324 e. The fourth-order valence-electron chi connectivity index (χ4n) is 2.52. The van der Waals surface area contributed by atoms with Crippen molar-refractivity contribution in [2.45, 2.75) is 27.7 Å². The van der Waals surface area contributed by atoms with Crippen molar-refractivity contribution in [3.63, 3.8) is 0 Å². The fraction of sp³-hybridized carbons (Fsp3) is 0.263. The van der Waals surface area contributed by atoms with Gasteiger partial charge in [0.25, 0.3) is 0 Å². The number of rotatable bonds is 4. The second kappa shape index (κ2) is 7.62. The van der Waals surface area contributed by atoms with Gasteiger partial charge in [0.15, 0.2) is 0 Å². The van der Waals surface area contributed by atoms with Crippen LogP contribution in [0, 0.1) is 20.8 Å². The molecule has 0 atom stereocenters. The van der Waals surface area contributed by atoms with Crippen LogP contribution in [0.15, 0.2) is 40.9 Å². The third-order valence-corrected chi connectivity index (χ3v) is 4.77. The van der Waals surface area contributed by atoms with E-state index in [-0.39, 0.29) is 18.4 Å². The van der Waals surface area contributed by atoms with Crippen molar-refractivity contribution in [2.75, 3.05) is 16.8 Å². The highest BCUT2D eigenvalue weighted by molar-refractivity contribution is 9.10. The molecule has 0 bridgehead atoms. The number of nitrogens with zero attached hydrogens (tertiary/aromatic N) is 1. The normalized spacial score (nSPS) is 10.4. The lowest BCUT2D eigenvalue weighted by atomic mass is 10.1. The average molecular weight is 389 g/mol. The molecule has 2 rings (SSSR count). The maximum atomic E-state index is 12.4. The van der Waals surface area contributed by atoms with Crippen molar-refractivity contribution >= 4 is 39.1 Å². The Labute approximate surface area is 151 Å². The molecule has 0 unspecified atom stereocenters. The Bertz CT molecular complexity index is 767. The molecule has 0 spiro atoms. The Balaban J connectivity index is 2.20. The molecular formula is C19H21BrN2O2. The highest BCUT2D eigenvalue weighted by atomic mass is 79.9. The molecule has 0 aliphatic rings. The lowest BCUT2D eigenvalue weighted by molar-refractivity contribution is -0.120. The van der Waals surface area contributed by atoms with Crippen LogP contribution >= 0.6 is 15.9 Å². The second-order valence-electron chi connectivity index (χ2n) is 5.85. The van der Waals surface area contributed by atoms with Gasteiger partial charge in [-0.15, -0.1) is 0 Å². The molecule has 2 amide bonds. The quantitative estimate of drug-likeness (QED) is 0.845. The first kappa shape index (κ1) is 18.2. The topological polar surface area (TPSA) is 49.4 Å². The molecule has 2 aromatic carbocycles. The van der Waals surface area contributed by atoms with Gasteiger partial charge in [-0.3, -0.25) is 9.59 Å². The maximum absolute atomic E-state index is 12.4. The lowest BCUT2D eigenvalue weighted by Gasteiger charge is -2.22. The molecule has 0 aliphatic heterocycles. The van der Waals surface area contributed by atoms with Gasteiger partial charge in [0.2, 0.25) is 11.8 Å². The highest BCUT2D eigenvalue weighted by Crippen LogP contribution is 2.24. The molecule has 0 aliphatic carbocycles. The molecular weight excluding hydrogens is 368 g/mol. The van der Waals surface area contributed by atoms with E-state index in [1.807, 2.05) is 57.2 Å². The molecule has 0 aromatic heterocycles. The maximum Gasteiger partial charge on any atom is 0.244 e. The highest BCUT2D eigenvalue weighted by Gasteiger charge is 2.17. The van der Waals surface area contributed by atoms with Crippen molar-refractivity contribution in [1.29, 1.82) is 0 Å². The van der Waals surface area contributed by atoms with E-state index in [0.717, 1.165) is 26.9 Å². The number of carbonyl (C=O) groups is 2. The number of para-hydroxylation sites is 1. The summed E-state index contributed by atoms with van der Waals surface area (Å²) >= 11 is 3.44. The number of amides is 2. The predicted octanol–water partition coefficient (Wildman–Crippen LogP) is 4.37. The van der Waals surface area contributed by atoms with Crippen molar-refractivity contribution in [3.05, 3.63) is 57.6 Å². The van der Waals surface area contributed by atoms with Crippen LogP contribution in [0.25, 0.3) is 0 Å². The zero-order chi connectivity index (χ0) is 17.9. The number of aryl methyl sites for hydroxylation is 3. The van der Waals surface area contributed by atoms with Gasteiger partial charge in [0, 0.05) is 22.8 Å². The standard InChI is InChI=1S/C19H21BrN2O2/c1-12-6-5-7-13(2)19(12)21-18(24)11-22(15(4)23)16-8-9-17(20)14(3)10-16/h5-10H,11H2,1-4H3,(H,21,24). The van der Waals surface area contributed by atoms with Gasteiger partial charge < -0.3 is 10.2 Å². The van der Waals surface area contributed by atoms with E-state index in [1.54, 1.807) is 0 Å². The molecule has 4 nitrogen and oxygen atoms in total. The van der Waals surface area contributed by atoms with Crippen LogP contribution in [0.5, 0.6) is 0 Å². The van der Waals surface area contributed by atoms with Crippen LogP contribution in [-0.2, 0) is 9.59 Å². The van der Waals surface area contributed by atoms with Crippen LogP contribution in [0.1, 0.15) is 23.6 Å². The third-order valence-electron chi connectivity index (χ3n) is 3.88.